The van der Waals surface area contributed by atoms with Crippen LogP contribution in [-0.4, -0.2) is 22.1 Å². The SMILES string of the molecule is N#Cc1ccc(NC(=O)Nc2cc(C(=O)O)ccn2)cc1. The maximum atomic E-state index is 11.7. The fraction of sp³-hybridized carbons (Fsp3) is 0. The van der Waals surface area contributed by atoms with Crippen LogP contribution in [0.15, 0.2) is 42.6 Å². The van der Waals surface area contributed by atoms with Crippen LogP contribution < -0.4 is 10.6 Å². The maximum absolute atomic E-state index is 11.7. The van der Waals surface area contributed by atoms with Crippen molar-refractivity contribution >= 4 is 23.5 Å². The first-order chi connectivity index (χ1) is 10.1. The van der Waals surface area contributed by atoms with Crippen LogP contribution in [0.25, 0.3) is 0 Å². The van der Waals surface area contributed by atoms with Crippen molar-refractivity contribution in [3.63, 3.8) is 0 Å². The molecule has 104 valence electrons. The number of hydrogen-bond donors (Lipinski definition) is 3. The van der Waals surface area contributed by atoms with Crippen LogP contribution in [-0.2, 0) is 0 Å². The number of benzene rings is 1. The molecule has 0 aliphatic rings. The highest BCUT2D eigenvalue weighted by molar-refractivity contribution is 5.99. The predicted molar refractivity (Wildman–Crippen MR) is 75.0 cm³/mol. The molecule has 1 aromatic heterocycles. The van der Waals surface area contributed by atoms with Crippen LogP contribution in [0.1, 0.15) is 15.9 Å². The average Bonchev–Trinajstić information content (AvgIpc) is 2.48. The summed E-state index contributed by atoms with van der Waals surface area (Å²) in [7, 11) is 0. The summed E-state index contributed by atoms with van der Waals surface area (Å²) in [6, 6.07) is 10.3. The molecule has 3 N–H and O–H groups in total. The van der Waals surface area contributed by atoms with Crippen LogP contribution in [0.4, 0.5) is 16.3 Å². The molecule has 21 heavy (non-hydrogen) atoms. The number of carboxylic acid groups (broad SMARTS) is 1. The number of nitriles is 1. The molecule has 0 radical (unpaired) electrons. The Morgan fingerprint density at radius 1 is 1.14 bits per heavy atom. The second-order valence-corrected chi connectivity index (χ2v) is 4.00. The summed E-state index contributed by atoms with van der Waals surface area (Å²) in [6.07, 6.45) is 1.29. The zero-order chi connectivity index (χ0) is 15.2. The molecular weight excluding hydrogens is 272 g/mol. The Labute approximate surface area is 119 Å². The maximum Gasteiger partial charge on any atom is 0.335 e. The highest BCUT2D eigenvalue weighted by Gasteiger charge is 2.07. The standard InChI is InChI=1S/C14H10N4O3/c15-8-9-1-3-11(4-2-9)17-14(21)18-12-7-10(13(19)20)5-6-16-12/h1-7H,(H,19,20)(H2,16,17,18,21). The van der Waals surface area contributed by atoms with E-state index in [0.29, 0.717) is 11.3 Å². The predicted octanol–water partition coefficient (Wildman–Crippen LogP) is 2.30. The number of hydrogen-bond acceptors (Lipinski definition) is 4. The molecule has 0 atom stereocenters. The normalized spacial score (nSPS) is 9.48. The number of carboxylic acids is 1. The van der Waals surface area contributed by atoms with Crippen molar-refractivity contribution in [3.05, 3.63) is 53.7 Å². The minimum absolute atomic E-state index is 0.0265. The molecule has 2 amide bonds. The number of nitrogens with one attached hydrogen (secondary N) is 2. The van der Waals surface area contributed by atoms with E-state index in [2.05, 4.69) is 15.6 Å². The molecule has 1 heterocycles. The minimum Gasteiger partial charge on any atom is -0.478 e. The number of aromatic carboxylic acids is 1. The van der Waals surface area contributed by atoms with Gasteiger partial charge in [0, 0.05) is 11.9 Å². The molecule has 0 unspecified atom stereocenters. The molecule has 0 spiro atoms. The topological polar surface area (TPSA) is 115 Å². The van der Waals surface area contributed by atoms with E-state index in [1.165, 1.54) is 18.3 Å². The smallest absolute Gasteiger partial charge is 0.335 e. The lowest BCUT2D eigenvalue weighted by Gasteiger charge is -2.07. The second kappa shape index (κ2) is 6.16. The lowest BCUT2D eigenvalue weighted by molar-refractivity contribution is 0.0696. The van der Waals surface area contributed by atoms with Crippen LogP contribution in [0, 0.1) is 11.3 Å². The van der Waals surface area contributed by atoms with Crippen molar-refractivity contribution in [1.82, 2.24) is 4.98 Å². The molecule has 2 aromatic rings. The zero-order valence-corrected chi connectivity index (χ0v) is 10.7. The van der Waals surface area contributed by atoms with Gasteiger partial charge in [0.15, 0.2) is 0 Å². The Kier molecular flexibility index (Phi) is 4.11. The number of amides is 2. The third-order valence-electron chi connectivity index (χ3n) is 2.52. The molecule has 0 bridgehead atoms. The van der Waals surface area contributed by atoms with Gasteiger partial charge in [0.1, 0.15) is 5.82 Å². The number of nitrogens with zero attached hydrogens (tertiary/aromatic N) is 2. The van der Waals surface area contributed by atoms with Crippen molar-refractivity contribution < 1.29 is 14.7 Å². The summed E-state index contributed by atoms with van der Waals surface area (Å²) >= 11 is 0. The van der Waals surface area contributed by atoms with E-state index >= 15 is 0 Å². The van der Waals surface area contributed by atoms with Crippen LogP contribution in [0.5, 0.6) is 0 Å². The first-order valence-electron chi connectivity index (χ1n) is 5.86. The Morgan fingerprint density at radius 2 is 1.86 bits per heavy atom. The molecule has 7 nitrogen and oxygen atoms in total. The van der Waals surface area contributed by atoms with E-state index in [4.69, 9.17) is 10.4 Å². The van der Waals surface area contributed by atoms with Crippen molar-refractivity contribution in [1.29, 1.82) is 5.26 Å². The van der Waals surface area contributed by atoms with E-state index in [1.54, 1.807) is 24.3 Å². The van der Waals surface area contributed by atoms with Crippen molar-refractivity contribution in [2.45, 2.75) is 0 Å². The molecule has 0 saturated carbocycles. The van der Waals surface area contributed by atoms with Gasteiger partial charge < -0.3 is 10.4 Å². The number of aromatic nitrogens is 1. The monoisotopic (exact) mass is 282 g/mol. The van der Waals surface area contributed by atoms with Crippen LogP contribution in [0.2, 0.25) is 0 Å². The third kappa shape index (κ3) is 3.78. The van der Waals surface area contributed by atoms with Gasteiger partial charge in [-0.15, -0.1) is 0 Å². The highest BCUT2D eigenvalue weighted by Crippen LogP contribution is 2.11. The second-order valence-electron chi connectivity index (χ2n) is 4.00. The minimum atomic E-state index is -1.10. The van der Waals surface area contributed by atoms with Gasteiger partial charge >= 0.3 is 12.0 Å². The summed E-state index contributed by atoms with van der Waals surface area (Å²) in [5.74, 6) is -0.978. The molecule has 2 rings (SSSR count). The highest BCUT2D eigenvalue weighted by atomic mass is 16.4. The average molecular weight is 282 g/mol. The van der Waals surface area contributed by atoms with Crippen LogP contribution >= 0.6 is 0 Å². The number of urea groups is 1. The summed E-state index contributed by atoms with van der Waals surface area (Å²) < 4.78 is 0. The summed E-state index contributed by atoms with van der Waals surface area (Å²) in [4.78, 5) is 26.4. The number of pyridine rings is 1. The van der Waals surface area contributed by atoms with Crippen molar-refractivity contribution in [2.24, 2.45) is 0 Å². The van der Waals surface area contributed by atoms with Gasteiger partial charge in [-0.25, -0.2) is 14.6 Å². The molecule has 7 heteroatoms. The van der Waals surface area contributed by atoms with Gasteiger partial charge in [0.25, 0.3) is 0 Å². The van der Waals surface area contributed by atoms with Gasteiger partial charge in [-0.2, -0.15) is 5.26 Å². The fourth-order valence-corrected chi connectivity index (χ4v) is 1.54. The Bertz CT molecular complexity index is 720. The van der Waals surface area contributed by atoms with E-state index in [9.17, 15) is 9.59 Å². The fourth-order valence-electron chi connectivity index (χ4n) is 1.54. The number of rotatable bonds is 3. The zero-order valence-electron chi connectivity index (χ0n) is 10.7. The first-order valence-corrected chi connectivity index (χ1v) is 5.86. The van der Waals surface area contributed by atoms with E-state index in [0.717, 1.165) is 0 Å². The Hall–Kier alpha value is -3.40. The van der Waals surface area contributed by atoms with Crippen molar-refractivity contribution in [2.75, 3.05) is 10.6 Å². The largest absolute Gasteiger partial charge is 0.478 e. The number of anilines is 2. The van der Waals surface area contributed by atoms with Gasteiger partial charge in [-0.3, -0.25) is 5.32 Å². The van der Waals surface area contributed by atoms with E-state index < -0.39 is 12.0 Å². The molecule has 0 fully saturated rings. The number of carbonyl (C=O) groups is 2. The third-order valence-corrected chi connectivity index (χ3v) is 2.52. The first kappa shape index (κ1) is 14.0. The molecule has 0 aliphatic heterocycles. The van der Waals surface area contributed by atoms with Gasteiger partial charge in [-0.1, -0.05) is 0 Å². The van der Waals surface area contributed by atoms with Gasteiger partial charge in [0.05, 0.1) is 17.2 Å². The molecule has 1 aromatic carbocycles. The summed E-state index contributed by atoms with van der Waals surface area (Å²) in [6.45, 7) is 0. The summed E-state index contributed by atoms with van der Waals surface area (Å²) in [5.41, 5.74) is 1.01. The van der Waals surface area contributed by atoms with Crippen LogP contribution in [0.3, 0.4) is 0 Å². The molecular formula is C14H10N4O3. The van der Waals surface area contributed by atoms with Crippen molar-refractivity contribution in [3.8, 4) is 6.07 Å². The van der Waals surface area contributed by atoms with E-state index in [1.807, 2.05) is 6.07 Å². The molecule has 0 aliphatic carbocycles. The Balaban J connectivity index is 2.02. The lowest BCUT2D eigenvalue weighted by Crippen LogP contribution is -2.20. The molecule has 0 saturated heterocycles. The van der Waals surface area contributed by atoms with E-state index in [-0.39, 0.29) is 11.4 Å². The van der Waals surface area contributed by atoms with Gasteiger partial charge in [0.2, 0.25) is 0 Å². The Morgan fingerprint density at radius 3 is 2.48 bits per heavy atom. The number of carbonyl (C=O) groups excluding carboxylic acids is 1. The quantitative estimate of drug-likeness (QED) is 0.798. The van der Waals surface area contributed by atoms with Gasteiger partial charge in [-0.05, 0) is 36.4 Å². The lowest BCUT2D eigenvalue weighted by atomic mass is 10.2. The summed E-state index contributed by atoms with van der Waals surface area (Å²) in [5, 5.41) is 22.5.